The van der Waals surface area contributed by atoms with Gasteiger partial charge in [0.15, 0.2) is 6.61 Å². The molecule has 0 aromatic heterocycles. The number of fused-ring (bicyclic) bond motifs is 1. The molecule has 0 aliphatic rings. The van der Waals surface area contributed by atoms with Gasteiger partial charge < -0.3 is 4.74 Å². The van der Waals surface area contributed by atoms with Gasteiger partial charge in [0.2, 0.25) is 5.78 Å². The molecule has 0 atom stereocenters. The molecular formula is C19H13ClO3. The number of carbonyl (C=O) groups is 2. The highest BCUT2D eigenvalue weighted by Gasteiger charge is 2.15. The highest BCUT2D eigenvalue weighted by atomic mass is 35.5. The molecule has 0 radical (unpaired) electrons. The van der Waals surface area contributed by atoms with Crippen LogP contribution < -0.4 is 0 Å². The first-order valence-electron chi connectivity index (χ1n) is 7.09. The quantitative estimate of drug-likeness (QED) is 0.523. The molecule has 0 spiro atoms. The van der Waals surface area contributed by atoms with E-state index < -0.39 is 5.97 Å². The van der Waals surface area contributed by atoms with Crippen LogP contribution in [-0.2, 0) is 4.74 Å². The molecular weight excluding hydrogens is 312 g/mol. The Morgan fingerprint density at radius 3 is 2.30 bits per heavy atom. The van der Waals surface area contributed by atoms with Gasteiger partial charge in [0, 0.05) is 5.56 Å². The van der Waals surface area contributed by atoms with E-state index in [1.807, 2.05) is 30.3 Å². The monoisotopic (exact) mass is 324 g/mol. The van der Waals surface area contributed by atoms with E-state index >= 15 is 0 Å². The summed E-state index contributed by atoms with van der Waals surface area (Å²) in [5, 5.41) is 2.09. The van der Waals surface area contributed by atoms with Crippen molar-refractivity contribution in [3.05, 3.63) is 82.9 Å². The van der Waals surface area contributed by atoms with E-state index in [-0.39, 0.29) is 12.4 Å². The molecule has 0 bridgehead atoms. The molecule has 0 saturated heterocycles. The third-order valence-corrected chi connectivity index (χ3v) is 3.85. The number of benzene rings is 3. The molecule has 4 heteroatoms. The molecule has 0 amide bonds. The van der Waals surface area contributed by atoms with E-state index in [9.17, 15) is 9.59 Å². The van der Waals surface area contributed by atoms with Gasteiger partial charge in [-0.15, -0.1) is 0 Å². The van der Waals surface area contributed by atoms with E-state index in [0.717, 1.165) is 10.8 Å². The molecule has 0 unspecified atom stereocenters. The summed E-state index contributed by atoms with van der Waals surface area (Å²) in [6, 6.07) is 19.6. The summed E-state index contributed by atoms with van der Waals surface area (Å²) in [6.07, 6.45) is 0. The fourth-order valence-electron chi connectivity index (χ4n) is 2.38. The number of Topliss-reactive ketones (excluding diaryl/α,β-unsaturated/α-hetero) is 1. The van der Waals surface area contributed by atoms with Gasteiger partial charge >= 0.3 is 5.97 Å². The van der Waals surface area contributed by atoms with E-state index in [1.165, 1.54) is 0 Å². The number of ketones is 1. The van der Waals surface area contributed by atoms with Crippen molar-refractivity contribution in [3.63, 3.8) is 0 Å². The number of hydrogen-bond donors (Lipinski definition) is 0. The Morgan fingerprint density at radius 2 is 1.48 bits per heavy atom. The van der Waals surface area contributed by atoms with Gasteiger partial charge in [-0.1, -0.05) is 60.1 Å². The van der Waals surface area contributed by atoms with Gasteiger partial charge in [0.25, 0.3) is 0 Å². The standard InChI is InChI=1S/C19H13ClO3/c20-17-11-4-3-9-16(17)18(21)12-23-19(22)15-10-5-7-13-6-1-2-8-14(13)15/h1-11H,12H2. The largest absolute Gasteiger partial charge is 0.454 e. The molecule has 0 fully saturated rings. The molecule has 0 aliphatic heterocycles. The second kappa shape index (κ2) is 6.63. The Bertz CT molecular complexity index is 881. The summed E-state index contributed by atoms with van der Waals surface area (Å²) in [6.45, 7) is -0.341. The van der Waals surface area contributed by atoms with Crippen molar-refractivity contribution in [1.82, 2.24) is 0 Å². The van der Waals surface area contributed by atoms with Crippen molar-refractivity contribution in [3.8, 4) is 0 Å². The minimum Gasteiger partial charge on any atom is -0.454 e. The highest BCUT2D eigenvalue weighted by molar-refractivity contribution is 6.34. The molecule has 3 aromatic rings. The number of carbonyl (C=O) groups excluding carboxylic acids is 2. The van der Waals surface area contributed by atoms with Crippen molar-refractivity contribution in [2.75, 3.05) is 6.61 Å². The smallest absolute Gasteiger partial charge is 0.339 e. The third kappa shape index (κ3) is 3.25. The number of halogens is 1. The van der Waals surface area contributed by atoms with Crippen LogP contribution in [0, 0.1) is 0 Å². The SMILES string of the molecule is O=C(COC(=O)c1cccc2ccccc12)c1ccccc1Cl. The minimum atomic E-state index is -0.526. The zero-order valence-electron chi connectivity index (χ0n) is 12.2. The average molecular weight is 325 g/mol. The predicted octanol–water partition coefficient (Wildman–Crippen LogP) is 4.53. The maximum absolute atomic E-state index is 12.3. The van der Waals surface area contributed by atoms with Gasteiger partial charge in [-0.25, -0.2) is 4.79 Å². The average Bonchev–Trinajstić information content (AvgIpc) is 2.59. The summed E-state index contributed by atoms with van der Waals surface area (Å²) in [5.74, 6) is -0.855. The Balaban J connectivity index is 1.77. The highest BCUT2D eigenvalue weighted by Crippen LogP contribution is 2.20. The van der Waals surface area contributed by atoms with Gasteiger partial charge in [-0.2, -0.15) is 0 Å². The fraction of sp³-hybridized carbons (Fsp3) is 0.0526. The van der Waals surface area contributed by atoms with E-state index in [4.69, 9.17) is 16.3 Å². The van der Waals surface area contributed by atoms with Crippen LogP contribution in [0.25, 0.3) is 10.8 Å². The van der Waals surface area contributed by atoms with Gasteiger partial charge in [-0.05, 0) is 29.0 Å². The second-order valence-electron chi connectivity index (χ2n) is 5.01. The molecule has 3 aromatic carbocycles. The first kappa shape index (κ1) is 15.3. The molecule has 114 valence electrons. The van der Waals surface area contributed by atoms with Gasteiger partial charge in [0.05, 0.1) is 10.6 Å². The Hall–Kier alpha value is -2.65. The zero-order chi connectivity index (χ0) is 16.2. The van der Waals surface area contributed by atoms with Gasteiger partial charge in [0.1, 0.15) is 0 Å². The first-order chi connectivity index (χ1) is 11.2. The van der Waals surface area contributed by atoms with Gasteiger partial charge in [-0.3, -0.25) is 4.79 Å². The van der Waals surface area contributed by atoms with Crippen LogP contribution in [-0.4, -0.2) is 18.4 Å². The van der Waals surface area contributed by atoms with Crippen LogP contribution in [0.1, 0.15) is 20.7 Å². The lowest BCUT2D eigenvalue weighted by molar-refractivity contribution is 0.0477. The van der Waals surface area contributed by atoms with Crippen LogP contribution >= 0.6 is 11.6 Å². The molecule has 23 heavy (non-hydrogen) atoms. The summed E-state index contributed by atoms with van der Waals surface area (Å²) in [4.78, 5) is 24.4. The second-order valence-corrected chi connectivity index (χ2v) is 5.41. The molecule has 3 nitrogen and oxygen atoms in total. The van der Waals surface area contributed by atoms with E-state index in [0.29, 0.717) is 16.1 Å². The molecule has 0 saturated carbocycles. The fourth-order valence-corrected chi connectivity index (χ4v) is 2.62. The normalized spacial score (nSPS) is 10.5. The lowest BCUT2D eigenvalue weighted by atomic mass is 10.0. The van der Waals surface area contributed by atoms with Crippen LogP contribution in [0.5, 0.6) is 0 Å². The topological polar surface area (TPSA) is 43.4 Å². The van der Waals surface area contributed by atoms with Crippen LogP contribution in [0.15, 0.2) is 66.7 Å². The first-order valence-corrected chi connectivity index (χ1v) is 7.47. The molecule has 0 aliphatic carbocycles. The maximum atomic E-state index is 12.3. The van der Waals surface area contributed by atoms with Crippen molar-refractivity contribution in [2.45, 2.75) is 0 Å². The number of esters is 1. The summed E-state index contributed by atoms with van der Waals surface area (Å²) < 4.78 is 5.16. The number of rotatable bonds is 4. The third-order valence-electron chi connectivity index (χ3n) is 3.52. The molecule has 0 N–H and O–H groups in total. The minimum absolute atomic E-state index is 0.329. The Kier molecular flexibility index (Phi) is 4.40. The van der Waals surface area contributed by atoms with Crippen LogP contribution in [0.4, 0.5) is 0 Å². The summed E-state index contributed by atoms with van der Waals surface area (Å²) in [7, 11) is 0. The maximum Gasteiger partial charge on any atom is 0.339 e. The molecule has 0 heterocycles. The number of ether oxygens (including phenoxy) is 1. The lowest BCUT2D eigenvalue weighted by Crippen LogP contribution is -2.14. The number of hydrogen-bond acceptors (Lipinski definition) is 3. The Labute approximate surface area is 138 Å². The summed E-state index contributed by atoms with van der Waals surface area (Å²) in [5.41, 5.74) is 0.787. The van der Waals surface area contributed by atoms with Crippen molar-refractivity contribution in [1.29, 1.82) is 0 Å². The predicted molar refractivity (Wildman–Crippen MR) is 90.0 cm³/mol. The van der Waals surface area contributed by atoms with E-state index in [1.54, 1.807) is 36.4 Å². The van der Waals surface area contributed by atoms with Crippen LogP contribution in [0.2, 0.25) is 5.02 Å². The van der Waals surface area contributed by atoms with Crippen molar-refractivity contribution >= 4 is 34.1 Å². The summed E-state index contributed by atoms with van der Waals surface area (Å²) >= 11 is 5.97. The molecule has 3 rings (SSSR count). The van der Waals surface area contributed by atoms with Crippen molar-refractivity contribution < 1.29 is 14.3 Å². The van der Waals surface area contributed by atoms with Crippen LogP contribution in [0.3, 0.4) is 0 Å². The van der Waals surface area contributed by atoms with E-state index in [2.05, 4.69) is 0 Å². The Morgan fingerprint density at radius 1 is 0.826 bits per heavy atom. The zero-order valence-corrected chi connectivity index (χ0v) is 12.9. The van der Waals surface area contributed by atoms with Crippen molar-refractivity contribution in [2.24, 2.45) is 0 Å². The lowest BCUT2D eigenvalue weighted by Gasteiger charge is -2.08.